The maximum Gasteiger partial charge on any atom is 0.192 e. The molecule has 0 atom stereocenters. The molecule has 0 bridgehead atoms. The van der Waals surface area contributed by atoms with Crippen LogP contribution in [0.1, 0.15) is 5.56 Å². The molecule has 1 heterocycles. The van der Waals surface area contributed by atoms with Crippen molar-refractivity contribution < 1.29 is 0 Å². The van der Waals surface area contributed by atoms with E-state index in [-0.39, 0.29) is 0 Å². The molecular formula is C12H12BrN3S. The van der Waals surface area contributed by atoms with Gasteiger partial charge in [0.1, 0.15) is 0 Å². The molecule has 0 aliphatic carbocycles. The van der Waals surface area contributed by atoms with Crippen molar-refractivity contribution in [2.24, 2.45) is 0 Å². The molecule has 1 N–H and O–H groups in total. The summed E-state index contributed by atoms with van der Waals surface area (Å²) in [5.74, 6) is 0. The Morgan fingerprint density at radius 3 is 2.59 bits per heavy atom. The summed E-state index contributed by atoms with van der Waals surface area (Å²) in [7, 11) is 1.91. The number of benzene rings is 1. The summed E-state index contributed by atoms with van der Waals surface area (Å²) in [6.07, 6.45) is 3.70. The van der Waals surface area contributed by atoms with E-state index >= 15 is 0 Å². The average molecular weight is 310 g/mol. The Hall–Kier alpha value is -0.910. The Morgan fingerprint density at radius 2 is 1.94 bits per heavy atom. The summed E-state index contributed by atoms with van der Waals surface area (Å²) in [5, 5.41) is 3.83. The highest BCUT2D eigenvalue weighted by Gasteiger charge is 2.03. The van der Waals surface area contributed by atoms with Crippen LogP contribution in [0.3, 0.4) is 0 Å². The number of rotatable bonds is 4. The molecule has 0 amide bonds. The minimum absolute atomic E-state index is 0.761. The fourth-order valence-electron chi connectivity index (χ4n) is 1.32. The van der Waals surface area contributed by atoms with Crippen LogP contribution in [0.4, 0.5) is 0 Å². The quantitative estimate of drug-likeness (QED) is 0.881. The minimum Gasteiger partial charge on any atom is -0.316 e. The molecule has 0 unspecified atom stereocenters. The van der Waals surface area contributed by atoms with Gasteiger partial charge >= 0.3 is 0 Å². The molecule has 5 heteroatoms. The van der Waals surface area contributed by atoms with Gasteiger partial charge in [-0.2, -0.15) is 0 Å². The van der Waals surface area contributed by atoms with Crippen LogP contribution in [0.2, 0.25) is 0 Å². The zero-order valence-electron chi connectivity index (χ0n) is 9.35. The number of aromatic nitrogens is 2. The zero-order chi connectivity index (χ0) is 12.1. The van der Waals surface area contributed by atoms with Crippen molar-refractivity contribution in [3.63, 3.8) is 0 Å². The number of nitrogens with one attached hydrogen (secondary N) is 1. The Balaban J connectivity index is 2.11. The van der Waals surface area contributed by atoms with Crippen molar-refractivity contribution in [1.82, 2.24) is 15.3 Å². The SMILES string of the molecule is CNCc1cnc(Sc2ccccc2Br)nc1. The molecule has 2 rings (SSSR count). The smallest absolute Gasteiger partial charge is 0.192 e. The van der Waals surface area contributed by atoms with Crippen LogP contribution < -0.4 is 5.32 Å². The molecule has 17 heavy (non-hydrogen) atoms. The molecule has 1 aromatic carbocycles. The second kappa shape index (κ2) is 6.14. The Bertz CT molecular complexity index is 487. The molecule has 0 aliphatic heterocycles. The fraction of sp³-hybridized carbons (Fsp3) is 0.167. The second-order valence-electron chi connectivity index (χ2n) is 3.44. The van der Waals surface area contributed by atoms with Crippen LogP contribution in [0.15, 0.2) is 51.2 Å². The minimum atomic E-state index is 0.761. The summed E-state index contributed by atoms with van der Waals surface area (Å²) in [4.78, 5) is 9.77. The van der Waals surface area contributed by atoms with Gasteiger partial charge < -0.3 is 5.32 Å². The summed E-state index contributed by atoms with van der Waals surface area (Å²) < 4.78 is 1.06. The number of halogens is 1. The lowest BCUT2D eigenvalue weighted by Gasteiger charge is -2.03. The van der Waals surface area contributed by atoms with Crippen LogP contribution in [0, 0.1) is 0 Å². The van der Waals surface area contributed by atoms with Gasteiger partial charge in [-0.3, -0.25) is 0 Å². The third-order valence-corrected chi connectivity index (χ3v) is 4.02. The zero-order valence-corrected chi connectivity index (χ0v) is 11.8. The molecule has 0 radical (unpaired) electrons. The van der Waals surface area contributed by atoms with Crippen LogP contribution in [0.5, 0.6) is 0 Å². The molecule has 0 aliphatic rings. The summed E-state index contributed by atoms with van der Waals surface area (Å²) in [6, 6.07) is 8.05. The van der Waals surface area contributed by atoms with Crippen molar-refractivity contribution >= 4 is 27.7 Å². The molecule has 88 valence electrons. The van der Waals surface area contributed by atoms with E-state index < -0.39 is 0 Å². The van der Waals surface area contributed by atoms with Gasteiger partial charge in [0.05, 0.1) is 0 Å². The molecule has 0 saturated heterocycles. The van der Waals surface area contributed by atoms with Gasteiger partial charge in [0.2, 0.25) is 0 Å². The van der Waals surface area contributed by atoms with E-state index in [0.29, 0.717) is 0 Å². The highest BCUT2D eigenvalue weighted by molar-refractivity contribution is 9.10. The van der Waals surface area contributed by atoms with E-state index in [4.69, 9.17) is 0 Å². The lowest BCUT2D eigenvalue weighted by Crippen LogP contribution is -2.05. The molecule has 0 fully saturated rings. The number of hydrogen-bond acceptors (Lipinski definition) is 4. The average Bonchev–Trinajstić information content (AvgIpc) is 2.35. The van der Waals surface area contributed by atoms with Gasteiger partial charge in [-0.15, -0.1) is 0 Å². The Kier molecular flexibility index (Phi) is 4.53. The summed E-state index contributed by atoms with van der Waals surface area (Å²) in [6.45, 7) is 0.792. The Labute approximate surface area is 113 Å². The molecule has 3 nitrogen and oxygen atoms in total. The number of nitrogens with zero attached hydrogens (tertiary/aromatic N) is 2. The highest BCUT2D eigenvalue weighted by atomic mass is 79.9. The first-order chi connectivity index (χ1) is 8.29. The summed E-state index contributed by atoms with van der Waals surface area (Å²) in [5.41, 5.74) is 1.09. The summed E-state index contributed by atoms with van der Waals surface area (Å²) >= 11 is 5.06. The monoisotopic (exact) mass is 309 g/mol. The lowest BCUT2D eigenvalue weighted by atomic mass is 10.3. The van der Waals surface area contributed by atoms with Gasteiger partial charge in [-0.25, -0.2) is 9.97 Å². The normalized spacial score (nSPS) is 10.5. The van der Waals surface area contributed by atoms with E-state index in [1.54, 1.807) is 11.8 Å². The predicted octanol–water partition coefficient (Wildman–Crippen LogP) is 3.11. The molecule has 0 spiro atoms. The lowest BCUT2D eigenvalue weighted by molar-refractivity contribution is 0.793. The van der Waals surface area contributed by atoms with E-state index in [2.05, 4.69) is 31.2 Å². The van der Waals surface area contributed by atoms with Crippen LogP contribution >= 0.6 is 27.7 Å². The van der Waals surface area contributed by atoms with Gasteiger partial charge in [0, 0.05) is 33.9 Å². The fourth-order valence-corrected chi connectivity index (χ4v) is 2.56. The Morgan fingerprint density at radius 1 is 1.24 bits per heavy atom. The van der Waals surface area contributed by atoms with Crippen molar-refractivity contribution in [3.05, 3.63) is 46.7 Å². The van der Waals surface area contributed by atoms with Crippen molar-refractivity contribution in [1.29, 1.82) is 0 Å². The van der Waals surface area contributed by atoms with Gasteiger partial charge in [0.15, 0.2) is 5.16 Å². The van der Waals surface area contributed by atoms with Gasteiger partial charge in [-0.05, 0) is 46.9 Å². The van der Waals surface area contributed by atoms with Crippen molar-refractivity contribution in [3.8, 4) is 0 Å². The van der Waals surface area contributed by atoms with E-state index in [1.807, 2.05) is 43.7 Å². The highest BCUT2D eigenvalue weighted by Crippen LogP contribution is 2.30. The first kappa shape index (κ1) is 12.5. The van der Waals surface area contributed by atoms with Crippen LogP contribution in [-0.4, -0.2) is 17.0 Å². The van der Waals surface area contributed by atoms with Gasteiger partial charge in [0.25, 0.3) is 0 Å². The van der Waals surface area contributed by atoms with E-state index in [9.17, 15) is 0 Å². The van der Waals surface area contributed by atoms with Crippen molar-refractivity contribution in [2.75, 3.05) is 7.05 Å². The standard InChI is InChI=1S/C12H12BrN3S/c1-14-6-9-7-15-12(16-8-9)17-11-5-3-2-4-10(11)13/h2-5,7-8,14H,6H2,1H3. The second-order valence-corrected chi connectivity index (χ2v) is 5.30. The topological polar surface area (TPSA) is 37.8 Å². The van der Waals surface area contributed by atoms with Crippen LogP contribution in [-0.2, 0) is 6.54 Å². The maximum atomic E-state index is 4.32. The predicted molar refractivity (Wildman–Crippen MR) is 73.1 cm³/mol. The van der Waals surface area contributed by atoms with Crippen LogP contribution in [0.25, 0.3) is 0 Å². The van der Waals surface area contributed by atoms with Crippen molar-refractivity contribution in [2.45, 2.75) is 16.6 Å². The molecule has 0 saturated carbocycles. The first-order valence-corrected chi connectivity index (χ1v) is 6.78. The third-order valence-electron chi connectivity index (χ3n) is 2.10. The number of hydrogen-bond donors (Lipinski definition) is 1. The largest absolute Gasteiger partial charge is 0.316 e. The van der Waals surface area contributed by atoms with Gasteiger partial charge in [-0.1, -0.05) is 12.1 Å². The first-order valence-electron chi connectivity index (χ1n) is 5.17. The molecular weight excluding hydrogens is 298 g/mol. The van der Waals surface area contributed by atoms with E-state index in [1.165, 1.54) is 0 Å². The molecule has 2 aromatic rings. The third kappa shape index (κ3) is 3.52. The maximum absolute atomic E-state index is 4.32. The van der Waals surface area contributed by atoms with E-state index in [0.717, 1.165) is 26.6 Å². The molecule has 1 aromatic heterocycles.